The van der Waals surface area contributed by atoms with Gasteiger partial charge in [-0.1, -0.05) is 12.1 Å². The maximum absolute atomic E-state index is 11.7. The maximum Gasteiger partial charge on any atom is 0.488 e. The molecule has 0 aliphatic carbocycles. The average Bonchev–Trinajstić information content (AvgIpc) is 2.34. The van der Waals surface area contributed by atoms with Gasteiger partial charge in [-0.2, -0.15) is 0 Å². The summed E-state index contributed by atoms with van der Waals surface area (Å²) >= 11 is 0. The maximum atomic E-state index is 11.7. The number of hydrogen-bond acceptors (Lipinski definition) is 4. The molecular weight excluding hydrogens is 231 g/mol. The van der Waals surface area contributed by atoms with Crippen molar-refractivity contribution in [2.75, 3.05) is 27.2 Å². The summed E-state index contributed by atoms with van der Waals surface area (Å²) in [5.74, 6) is -0.146. The summed E-state index contributed by atoms with van der Waals surface area (Å²) in [5.41, 5.74) is 0.892. The molecule has 98 valence electrons. The molecule has 1 aromatic rings. The quantitative estimate of drug-likeness (QED) is 0.449. The molecule has 0 radical (unpaired) electrons. The first-order valence-electron chi connectivity index (χ1n) is 5.89. The lowest BCUT2D eigenvalue weighted by Gasteiger charge is -2.10. The van der Waals surface area contributed by atoms with Crippen molar-refractivity contribution in [2.45, 2.75) is 6.42 Å². The first-order valence-corrected chi connectivity index (χ1v) is 5.89. The third-order valence-electron chi connectivity index (χ3n) is 2.54. The summed E-state index contributed by atoms with van der Waals surface area (Å²) in [6.07, 6.45) is 0.895. The van der Waals surface area contributed by atoms with Crippen molar-refractivity contribution in [3.63, 3.8) is 0 Å². The van der Waals surface area contributed by atoms with Gasteiger partial charge in [0.2, 0.25) is 0 Å². The lowest BCUT2D eigenvalue weighted by atomic mass is 9.80. The van der Waals surface area contributed by atoms with E-state index in [1.54, 1.807) is 12.1 Å². The molecule has 6 heteroatoms. The SMILES string of the molecule is CN(C)CCCNC(=O)c1ccc(B(O)O)cc1. The van der Waals surface area contributed by atoms with Gasteiger partial charge in [0.25, 0.3) is 5.91 Å². The first-order chi connectivity index (χ1) is 8.50. The van der Waals surface area contributed by atoms with E-state index >= 15 is 0 Å². The Labute approximate surface area is 108 Å². The zero-order valence-electron chi connectivity index (χ0n) is 10.8. The van der Waals surface area contributed by atoms with Crippen molar-refractivity contribution in [1.29, 1.82) is 0 Å². The highest BCUT2D eigenvalue weighted by Crippen LogP contribution is 1.97. The van der Waals surface area contributed by atoms with Crippen LogP contribution in [0.2, 0.25) is 0 Å². The van der Waals surface area contributed by atoms with Crippen LogP contribution in [0, 0.1) is 0 Å². The number of rotatable bonds is 6. The molecule has 18 heavy (non-hydrogen) atoms. The Hall–Kier alpha value is -1.37. The van der Waals surface area contributed by atoms with E-state index in [1.165, 1.54) is 12.1 Å². The number of carbonyl (C=O) groups excluding carboxylic acids is 1. The molecule has 0 heterocycles. The summed E-state index contributed by atoms with van der Waals surface area (Å²) in [5, 5.41) is 20.7. The van der Waals surface area contributed by atoms with Crippen LogP contribution in [0.4, 0.5) is 0 Å². The van der Waals surface area contributed by atoms with Gasteiger partial charge in [0.1, 0.15) is 0 Å². The predicted octanol–water partition coefficient (Wildman–Crippen LogP) is -0.952. The van der Waals surface area contributed by atoms with Crippen molar-refractivity contribution in [1.82, 2.24) is 10.2 Å². The fourth-order valence-corrected chi connectivity index (χ4v) is 1.51. The van der Waals surface area contributed by atoms with E-state index in [-0.39, 0.29) is 5.91 Å². The van der Waals surface area contributed by atoms with Gasteiger partial charge in [-0.05, 0) is 44.7 Å². The molecule has 0 fully saturated rings. The molecule has 5 nitrogen and oxygen atoms in total. The van der Waals surface area contributed by atoms with E-state index in [0.29, 0.717) is 17.6 Å². The number of nitrogens with one attached hydrogen (secondary N) is 1. The van der Waals surface area contributed by atoms with Crippen LogP contribution in [-0.2, 0) is 0 Å². The molecule has 0 unspecified atom stereocenters. The number of nitrogens with zero attached hydrogens (tertiary/aromatic N) is 1. The van der Waals surface area contributed by atoms with Crippen LogP contribution in [0.1, 0.15) is 16.8 Å². The van der Waals surface area contributed by atoms with E-state index in [0.717, 1.165) is 13.0 Å². The molecule has 1 aromatic carbocycles. The fraction of sp³-hybridized carbons (Fsp3) is 0.417. The third kappa shape index (κ3) is 4.87. The van der Waals surface area contributed by atoms with Crippen LogP contribution in [0.15, 0.2) is 24.3 Å². The summed E-state index contributed by atoms with van der Waals surface area (Å²) in [6.45, 7) is 1.55. The van der Waals surface area contributed by atoms with Gasteiger partial charge in [-0.15, -0.1) is 0 Å². The van der Waals surface area contributed by atoms with E-state index in [2.05, 4.69) is 10.2 Å². The van der Waals surface area contributed by atoms with Crippen molar-refractivity contribution < 1.29 is 14.8 Å². The van der Waals surface area contributed by atoms with Crippen LogP contribution in [-0.4, -0.2) is 55.2 Å². The minimum atomic E-state index is -1.50. The molecule has 0 aliphatic heterocycles. The summed E-state index contributed by atoms with van der Waals surface area (Å²) in [7, 11) is 2.48. The van der Waals surface area contributed by atoms with Gasteiger partial charge in [0, 0.05) is 12.1 Å². The zero-order valence-corrected chi connectivity index (χ0v) is 10.8. The molecule has 1 rings (SSSR count). The number of carbonyl (C=O) groups is 1. The van der Waals surface area contributed by atoms with E-state index < -0.39 is 7.12 Å². The smallest absolute Gasteiger partial charge is 0.423 e. The van der Waals surface area contributed by atoms with Crippen molar-refractivity contribution >= 4 is 18.5 Å². The molecule has 0 saturated carbocycles. The van der Waals surface area contributed by atoms with Gasteiger partial charge in [-0.3, -0.25) is 4.79 Å². The molecule has 0 bridgehead atoms. The van der Waals surface area contributed by atoms with Gasteiger partial charge in [0.15, 0.2) is 0 Å². The first kappa shape index (κ1) is 14.7. The minimum absolute atomic E-state index is 0.146. The second kappa shape index (κ2) is 7.15. The Morgan fingerprint density at radius 1 is 1.28 bits per heavy atom. The standard InChI is InChI=1S/C12H19BN2O3/c1-15(2)9-3-8-14-12(16)10-4-6-11(7-5-10)13(17)18/h4-7,17-18H,3,8-9H2,1-2H3,(H,14,16). The van der Waals surface area contributed by atoms with Gasteiger partial charge >= 0.3 is 7.12 Å². The monoisotopic (exact) mass is 250 g/mol. The Bertz CT molecular complexity index is 379. The molecule has 0 aliphatic rings. The summed E-state index contributed by atoms with van der Waals surface area (Å²) in [6, 6.07) is 6.21. The molecule has 1 amide bonds. The lowest BCUT2D eigenvalue weighted by molar-refractivity contribution is 0.0952. The molecule has 0 atom stereocenters. The molecule has 0 spiro atoms. The minimum Gasteiger partial charge on any atom is -0.423 e. The predicted molar refractivity (Wildman–Crippen MR) is 71.8 cm³/mol. The Morgan fingerprint density at radius 3 is 2.39 bits per heavy atom. The van der Waals surface area contributed by atoms with Crippen molar-refractivity contribution in [2.24, 2.45) is 0 Å². The van der Waals surface area contributed by atoms with Crippen LogP contribution in [0.5, 0.6) is 0 Å². The molecule has 0 aromatic heterocycles. The highest BCUT2D eigenvalue weighted by Gasteiger charge is 2.11. The van der Waals surface area contributed by atoms with E-state index in [4.69, 9.17) is 10.0 Å². The van der Waals surface area contributed by atoms with E-state index in [1.807, 2.05) is 14.1 Å². The van der Waals surface area contributed by atoms with E-state index in [9.17, 15) is 4.79 Å². The number of hydrogen-bond donors (Lipinski definition) is 3. The third-order valence-corrected chi connectivity index (χ3v) is 2.54. The van der Waals surface area contributed by atoms with Gasteiger partial charge < -0.3 is 20.3 Å². The zero-order chi connectivity index (χ0) is 13.5. The van der Waals surface area contributed by atoms with Gasteiger partial charge in [0.05, 0.1) is 0 Å². The Morgan fingerprint density at radius 2 is 1.89 bits per heavy atom. The fourth-order valence-electron chi connectivity index (χ4n) is 1.51. The van der Waals surface area contributed by atoms with Crippen molar-refractivity contribution in [3.05, 3.63) is 29.8 Å². The second-order valence-corrected chi connectivity index (χ2v) is 4.41. The number of benzene rings is 1. The highest BCUT2D eigenvalue weighted by molar-refractivity contribution is 6.58. The average molecular weight is 250 g/mol. The normalized spacial score (nSPS) is 10.5. The second-order valence-electron chi connectivity index (χ2n) is 4.41. The topological polar surface area (TPSA) is 72.8 Å². The Balaban J connectivity index is 2.42. The summed E-state index contributed by atoms with van der Waals surface area (Å²) in [4.78, 5) is 13.8. The Kier molecular flexibility index (Phi) is 5.84. The highest BCUT2D eigenvalue weighted by atomic mass is 16.4. The molecule has 3 N–H and O–H groups in total. The molecular formula is C12H19BN2O3. The van der Waals surface area contributed by atoms with Crippen LogP contribution >= 0.6 is 0 Å². The van der Waals surface area contributed by atoms with Crippen LogP contribution in [0.3, 0.4) is 0 Å². The largest absolute Gasteiger partial charge is 0.488 e. The van der Waals surface area contributed by atoms with Crippen LogP contribution < -0.4 is 10.8 Å². The lowest BCUT2D eigenvalue weighted by Crippen LogP contribution is -2.31. The number of amides is 1. The van der Waals surface area contributed by atoms with Crippen LogP contribution in [0.25, 0.3) is 0 Å². The van der Waals surface area contributed by atoms with Crippen molar-refractivity contribution in [3.8, 4) is 0 Å². The summed E-state index contributed by atoms with van der Waals surface area (Å²) < 4.78 is 0. The molecule has 0 saturated heterocycles. The van der Waals surface area contributed by atoms with Gasteiger partial charge in [-0.25, -0.2) is 0 Å².